The van der Waals surface area contributed by atoms with Gasteiger partial charge in [0.1, 0.15) is 24.1 Å². The molecule has 7 atom stereocenters. The number of nitrogens with one attached hydrogen (secondary N) is 5. The summed E-state index contributed by atoms with van der Waals surface area (Å²) >= 11 is 1.89. The molecule has 1 aromatic rings. The number of urea groups is 1. The van der Waals surface area contributed by atoms with E-state index in [2.05, 4.69) is 31.6 Å². The molecule has 3 aliphatic heterocycles. The molecule has 3 aliphatic rings. The van der Waals surface area contributed by atoms with Crippen LogP contribution in [0.15, 0.2) is 11.0 Å². The minimum absolute atomic E-state index is 0.0179. The van der Waals surface area contributed by atoms with Crippen LogP contribution in [0.2, 0.25) is 0 Å². The number of hydrogen-bond acceptors (Lipinski definition) is 18. The summed E-state index contributed by atoms with van der Waals surface area (Å²) in [5.41, 5.74) is 5.67. The van der Waals surface area contributed by atoms with E-state index in [0.29, 0.717) is 114 Å². The third kappa shape index (κ3) is 18.7. The number of unbranched alkanes of at least 4 members (excludes halogenated alkanes) is 1. The number of fused-ring (bicyclic) bond motifs is 1. The predicted octanol–water partition coefficient (Wildman–Crippen LogP) is -1.33. The Morgan fingerprint density at radius 1 is 0.823 bits per heavy atom. The molecule has 0 aromatic carbocycles. The first-order valence-electron chi connectivity index (χ1n) is 21.1. The molecule has 21 nitrogen and oxygen atoms in total. The number of nitrogen functional groups attached to an aromatic ring is 1. The van der Waals surface area contributed by atoms with Crippen molar-refractivity contribution in [3.63, 3.8) is 0 Å². The molecule has 5 amide bonds. The first-order valence-corrected chi connectivity index (χ1v) is 24.6. The minimum atomic E-state index is -1.43. The zero-order chi connectivity index (χ0) is 44.5. The summed E-state index contributed by atoms with van der Waals surface area (Å²) in [6, 6.07) is 0.354. The summed E-state index contributed by atoms with van der Waals surface area (Å²) in [7, 11) is 3.10. The van der Waals surface area contributed by atoms with Crippen LogP contribution in [0.5, 0.6) is 0 Å². The van der Waals surface area contributed by atoms with Crippen molar-refractivity contribution in [2.24, 2.45) is 0 Å². The fraction of sp³-hybridized carbons (Fsp3) is 0.789. The Morgan fingerprint density at radius 2 is 1.47 bits per heavy atom. The molecule has 4 rings (SSSR count). The summed E-state index contributed by atoms with van der Waals surface area (Å²) in [6.45, 7) is 3.91. The van der Waals surface area contributed by atoms with Gasteiger partial charge in [-0.05, 0) is 25.7 Å². The molecule has 4 heterocycles. The Bertz CT molecular complexity index is 1590. The van der Waals surface area contributed by atoms with Crippen LogP contribution in [0.25, 0.3) is 0 Å². The fourth-order valence-electron chi connectivity index (χ4n) is 6.73. The van der Waals surface area contributed by atoms with Gasteiger partial charge in [-0.25, -0.2) is 9.59 Å². The molecule has 62 heavy (non-hydrogen) atoms. The second-order valence-electron chi connectivity index (χ2n) is 14.7. The molecular formula is C38H64N8O13S3. The van der Waals surface area contributed by atoms with Crippen LogP contribution in [0.3, 0.4) is 0 Å². The smallest absolute Gasteiger partial charge is 0.351 e. The number of anilines is 1. The molecule has 0 bridgehead atoms. The van der Waals surface area contributed by atoms with Crippen LogP contribution in [0.4, 0.5) is 10.6 Å². The minimum Gasteiger partial charge on any atom is -0.394 e. The molecular weight excluding hydrogens is 873 g/mol. The van der Waals surface area contributed by atoms with Gasteiger partial charge < -0.3 is 71.3 Å². The molecule has 24 heteroatoms. The van der Waals surface area contributed by atoms with E-state index in [9.17, 15) is 39.3 Å². The van der Waals surface area contributed by atoms with Crippen molar-refractivity contribution in [1.29, 1.82) is 0 Å². The summed E-state index contributed by atoms with van der Waals surface area (Å²) in [5.74, 6) is 2.05. The normalized spacial score (nSPS) is 22.9. The Labute approximate surface area is 373 Å². The topological polar surface area (TPSA) is 296 Å². The second-order valence-corrected chi connectivity index (χ2v) is 18.7. The van der Waals surface area contributed by atoms with Crippen molar-refractivity contribution in [1.82, 2.24) is 36.1 Å². The number of carbonyl (C=O) groups is 4. The number of ether oxygens (including phenoxy) is 5. The van der Waals surface area contributed by atoms with Crippen molar-refractivity contribution in [2.45, 2.75) is 93.2 Å². The van der Waals surface area contributed by atoms with Gasteiger partial charge in [-0.15, -0.1) is 0 Å². The van der Waals surface area contributed by atoms with Gasteiger partial charge in [-0.2, -0.15) is 16.7 Å². The lowest BCUT2D eigenvalue weighted by molar-refractivity contribution is -0.122. The van der Waals surface area contributed by atoms with Crippen LogP contribution < -0.4 is 38.0 Å². The number of hydrogen-bond donors (Lipinski definition) is 9. The van der Waals surface area contributed by atoms with Crippen molar-refractivity contribution in [3.05, 3.63) is 22.2 Å². The molecule has 0 aliphatic carbocycles. The number of nitrogens with zero attached hydrogens (tertiary/aromatic N) is 2. The molecule has 3 saturated heterocycles. The first kappa shape index (κ1) is 51.7. The maximum atomic E-state index is 12.4. The van der Waals surface area contributed by atoms with E-state index in [4.69, 9.17) is 29.4 Å². The van der Waals surface area contributed by atoms with Gasteiger partial charge in [-0.3, -0.25) is 19.0 Å². The van der Waals surface area contributed by atoms with E-state index in [-0.39, 0.29) is 54.7 Å². The van der Waals surface area contributed by atoms with Gasteiger partial charge in [0.2, 0.25) is 17.7 Å². The summed E-state index contributed by atoms with van der Waals surface area (Å²) < 4.78 is 28.4. The average molecular weight is 937 g/mol. The Morgan fingerprint density at radius 3 is 2.19 bits per heavy atom. The monoisotopic (exact) mass is 936 g/mol. The zero-order valence-electron chi connectivity index (χ0n) is 35.0. The third-order valence-corrected chi connectivity index (χ3v) is 14.0. The number of carbonyl (C=O) groups excluding carboxylic acids is 4. The zero-order valence-corrected chi connectivity index (χ0v) is 37.5. The number of aliphatic hydroxyl groups excluding tert-OH is 3. The number of nitrogens with two attached hydrogens (primary N) is 1. The summed E-state index contributed by atoms with van der Waals surface area (Å²) in [6.07, 6.45) is 1.08. The predicted molar refractivity (Wildman–Crippen MR) is 235 cm³/mol. The van der Waals surface area contributed by atoms with E-state index in [1.807, 2.05) is 11.8 Å². The van der Waals surface area contributed by atoms with Crippen LogP contribution in [0.1, 0.15) is 56.7 Å². The van der Waals surface area contributed by atoms with Gasteiger partial charge in [0.15, 0.2) is 6.23 Å². The van der Waals surface area contributed by atoms with Crippen LogP contribution >= 0.6 is 33.3 Å². The lowest BCUT2D eigenvalue weighted by Crippen LogP contribution is -2.36. The summed E-state index contributed by atoms with van der Waals surface area (Å²) in [5, 5.41) is 44.5. The van der Waals surface area contributed by atoms with E-state index in [1.165, 1.54) is 6.20 Å². The number of aromatic nitrogens is 2. The quantitative estimate of drug-likeness (QED) is 0.0224. The lowest BCUT2D eigenvalue weighted by Gasteiger charge is -2.18. The Balaban J connectivity index is 0.844. The highest BCUT2D eigenvalue weighted by Gasteiger charge is 2.44. The van der Waals surface area contributed by atoms with Crippen LogP contribution in [-0.4, -0.2) is 181 Å². The molecule has 1 unspecified atom stereocenters. The maximum Gasteiger partial charge on any atom is 0.351 e. The van der Waals surface area contributed by atoms with Crippen molar-refractivity contribution in [3.8, 4) is 0 Å². The van der Waals surface area contributed by atoms with E-state index in [0.717, 1.165) is 29.6 Å². The molecule has 0 radical (unpaired) electrons. The van der Waals surface area contributed by atoms with E-state index >= 15 is 0 Å². The van der Waals surface area contributed by atoms with Crippen molar-refractivity contribution < 1.29 is 58.2 Å². The largest absolute Gasteiger partial charge is 0.394 e. The van der Waals surface area contributed by atoms with E-state index < -0.39 is 36.8 Å². The maximum absolute atomic E-state index is 12.4. The number of amides is 5. The van der Waals surface area contributed by atoms with Gasteiger partial charge in [0.25, 0.3) is 0 Å². The molecule has 3 fully saturated rings. The molecule has 0 saturated carbocycles. The van der Waals surface area contributed by atoms with Crippen LogP contribution in [0, 0.1) is 0 Å². The molecule has 10 N–H and O–H groups in total. The fourth-order valence-corrected chi connectivity index (χ4v) is 10.2. The highest BCUT2D eigenvalue weighted by Crippen LogP contribution is 2.33. The third-order valence-electron chi connectivity index (χ3n) is 10.0. The number of thioether (sulfide) groups is 1. The van der Waals surface area contributed by atoms with Gasteiger partial charge in [0.05, 0.1) is 71.5 Å². The highest BCUT2D eigenvalue weighted by molar-refractivity contribution is 8.76. The SMILES string of the molecule is Nc1nc(=O)n([C@@H]2O[C@H](CO)C(O)[C@@H]2O)cc1CCCNC(=O)CCSSCCNC(=O)CCOCCOCCOCCOCCNC(=O)CCCC[C@@H]1SC[C@@H]2NC(=O)N[C@@H]21. The lowest BCUT2D eigenvalue weighted by atomic mass is 10.0. The Kier molecular flexibility index (Phi) is 24.6. The number of aliphatic hydroxyl groups is 3. The second kappa shape index (κ2) is 29.5. The number of rotatable bonds is 33. The Hall–Kier alpha value is -2.91. The van der Waals surface area contributed by atoms with Crippen molar-refractivity contribution in [2.75, 3.05) is 102 Å². The van der Waals surface area contributed by atoms with Crippen LogP contribution in [-0.2, 0) is 44.5 Å². The highest BCUT2D eigenvalue weighted by atomic mass is 33.1. The average Bonchev–Trinajstić information content (AvgIpc) is 3.90. The van der Waals surface area contributed by atoms with Crippen molar-refractivity contribution >= 4 is 62.9 Å². The molecule has 352 valence electrons. The first-order chi connectivity index (χ1) is 30.1. The number of aryl methyl sites for hydroxylation is 1. The molecule has 1 aromatic heterocycles. The van der Waals surface area contributed by atoms with Gasteiger partial charge in [-0.1, -0.05) is 28.0 Å². The van der Waals surface area contributed by atoms with Gasteiger partial charge >= 0.3 is 11.7 Å². The van der Waals surface area contributed by atoms with E-state index in [1.54, 1.807) is 21.6 Å². The summed E-state index contributed by atoms with van der Waals surface area (Å²) in [4.78, 5) is 64.0. The standard InChI is InChI=1S/C38H64N8O13S3/c39-35-25(22-46(38(54)45-35)36-34(52)33(51)27(23-47)59-36)4-3-9-40-31(50)8-20-61-62-21-11-42-30(49)7-12-55-14-16-57-18-19-58-17-15-56-13-10-41-29(48)6-2-1-5-28-32-26(24-60-28)43-37(53)44-32/h22,26-28,32-34,36,47,51-52H,1-21,23-24H2,(H,40,50)(H,41,48)(H,42,49)(H2,39,45,54)(H2,43,44,53)/t26-,27+,28-,32-,33?,34-,36+/m0/s1. The molecule has 0 spiro atoms. The van der Waals surface area contributed by atoms with Gasteiger partial charge in [0, 0.05) is 73.2 Å².